The maximum atomic E-state index is 14.5. The molecule has 0 spiro atoms. The Morgan fingerprint density at radius 3 is 2.40 bits per heavy atom. The summed E-state index contributed by atoms with van der Waals surface area (Å²) < 4.78 is 12.1. The number of nitrogens with zero attached hydrogens (tertiary/aromatic N) is 2. The highest BCUT2D eigenvalue weighted by Crippen LogP contribution is 2.30. The van der Waals surface area contributed by atoms with E-state index in [0.717, 1.165) is 37.7 Å². The summed E-state index contributed by atoms with van der Waals surface area (Å²) in [4.78, 5) is 97.4. The number of benzene rings is 2. The molecule has 57 heavy (non-hydrogen) atoms. The largest absolute Gasteiger partial charge is 0.493 e. The topological polar surface area (TPSA) is 193 Å². The summed E-state index contributed by atoms with van der Waals surface area (Å²) >= 11 is 0. The van der Waals surface area contributed by atoms with Crippen LogP contribution in [-0.4, -0.2) is 116 Å². The van der Waals surface area contributed by atoms with E-state index >= 15 is 0 Å². The zero-order valence-corrected chi connectivity index (χ0v) is 33.1. The van der Waals surface area contributed by atoms with E-state index in [1.165, 1.54) is 9.80 Å². The average Bonchev–Trinajstić information content (AvgIpc) is 3.65. The van der Waals surface area contributed by atoms with E-state index in [-0.39, 0.29) is 49.4 Å². The maximum Gasteiger partial charge on any atom is 0.290 e. The Kier molecular flexibility index (Phi) is 15.6. The normalized spacial score (nSPS) is 21.6. The molecule has 0 aromatic heterocycles. The number of amides is 6. The van der Waals surface area contributed by atoms with Crippen LogP contribution in [0.2, 0.25) is 0 Å². The molecule has 6 amide bonds. The van der Waals surface area contributed by atoms with Gasteiger partial charge in [0.05, 0.1) is 38.3 Å². The minimum absolute atomic E-state index is 0.0513. The fraction of sp³-hybridized carbons (Fsp3) is 0.548. The van der Waals surface area contributed by atoms with Gasteiger partial charge in [0.25, 0.3) is 5.91 Å². The zero-order valence-electron chi connectivity index (χ0n) is 33.1. The predicted molar refractivity (Wildman–Crippen MR) is 209 cm³/mol. The van der Waals surface area contributed by atoms with Crippen molar-refractivity contribution in [2.24, 2.45) is 5.92 Å². The fourth-order valence-electron chi connectivity index (χ4n) is 7.73. The van der Waals surface area contributed by atoms with Crippen LogP contribution in [0.25, 0.3) is 0 Å². The predicted octanol–water partition coefficient (Wildman–Crippen LogP) is 1.98. The number of ether oxygens (including phenoxy) is 2. The highest BCUT2D eigenvalue weighted by atomic mass is 16.5. The number of hydrogen-bond donors (Lipinski definition) is 4. The zero-order chi connectivity index (χ0) is 40.9. The van der Waals surface area contributed by atoms with Gasteiger partial charge in [-0.25, -0.2) is 0 Å². The monoisotopic (exact) mass is 788 g/mol. The molecule has 4 N–H and O–H groups in total. The third-order valence-electron chi connectivity index (χ3n) is 10.7. The summed E-state index contributed by atoms with van der Waals surface area (Å²) in [5.74, 6) is -3.90. The number of likely N-dealkylation sites (N-methyl/N-ethyl adjacent to an activating group) is 1. The van der Waals surface area contributed by atoms with E-state index in [4.69, 9.17) is 9.47 Å². The van der Waals surface area contributed by atoms with Gasteiger partial charge in [-0.15, -0.1) is 0 Å². The lowest BCUT2D eigenvalue weighted by molar-refractivity contribution is -0.144. The molecule has 5 rings (SSSR count). The van der Waals surface area contributed by atoms with Crippen LogP contribution in [0.1, 0.15) is 81.9 Å². The average molecular weight is 789 g/mol. The smallest absolute Gasteiger partial charge is 0.290 e. The van der Waals surface area contributed by atoms with Crippen molar-refractivity contribution in [1.29, 1.82) is 0 Å². The van der Waals surface area contributed by atoms with Crippen LogP contribution in [0.5, 0.6) is 5.75 Å². The van der Waals surface area contributed by atoms with Gasteiger partial charge >= 0.3 is 0 Å². The molecule has 2 heterocycles. The quantitative estimate of drug-likeness (QED) is 0.233. The second kappa shape index (κ2) is 20.7. The fourth-order valence-corrected chi connectivity index (χ4v) is 7.73. The van der Waals surface area contributed by atoms with Crippen molar-refractivity contribution >= 4 is 41.2 Å². The second-order valence-electron chi connectivity index (χ2n) is 15.2. The molecule has 4 bridgehead atoms. The van der Waals surface area contributed by atoms with E-state index < -0.39 is 60.3 Å². The first-order valence-corrected chi connectivity index (χ1v) is 20.1. The number of nitrogens with one attached hydrogen (secondary N) is 4. The summed E-state index contributed by atoms with van der Waals surface area (Å²) in [5.41, 5.74) is 1.29. The van der Waals surface area contributed by atoms with Crippen molar-refractivity contribution in [3.05, 3.63) is 65.7 Å². The molecule has 308 valence electrons. The summed E-state index contributed by atoms with van der Waals surface area (Å²) in [6.45, 7) is 2.01. The standard InChI is InChI=1S/C42H56N6O9/c1-4-13-32(38(51)40(53)43-25-35(50)46-36(41(54)47(2)3)28-15-7-5-8-16-28)44-39(52)33-24-31-26-48(33)42(55)37(29-17-9-6-10-18-29)45-34(49)23-27-14-11-19-30(22-27)56-20-12-21-57-31/h5,7-8,11,14-16,19,22,29,31-33,36-37H,4,6,9-10,12-13,17-18,20-21,23-26H2,1-3H3,(H,43,53)(H,44,52)(H,45,49)(H,46,50)/t31-,32-,33+,36+,37+/m1/s1. The van der Waals surface area contributed by atoms with E-state index in [1.807, 2.05) is 24.3 Å². The van der Waals surface area contributed by atoms with Gasteiger partial charge in [-0.2, -0.15) is 0 Å². The Hall–Kier alpha value is -5.31. The summed E-state index contributed by atoms with van der Waals surface area (Å²) in [5, 5.41) is 10.7. The first kappa shape index (κ1) is 42.8. The molecule has 15 nitrogen and oxygen atoms in total. The Bertz CT molecular complexity index is 1750. The van der Waals surface area contributed by atoms with Crippen LogP contribution in [0.3, 0.4) is 0 Å². The van der Waals surface area contributed by atoms with Crippen LogP contribution in [0, 0.1) is 5.92 Å². The lowest BCUT2D eigenvalue weighted by atomic mass is 9.83. The molecule has 0 radical (unpaired) electrons. The highest BCUT2D eigenvalue weighted by Gasteiger charge is 2.45. The molecule has 2 fully saturated rings. The Morgan fingerprint density at radius 1 is 0.930 bits per heavy atom. The molecule has 1 saturated heterocycles. The first-order chi connectivity index (χ1) is 27.4. The van der Waals surface area contributed by atoms with Crippen molar-refractivity contribution in [2.45, 2.75) is 101 Å². The molecule has 2 aliphatic heterocycles. The minimum atomic E-state index is -1.24. The van der Waals surface area contributed by atoms with Crippen LogP contribution in [0.4, 0.5) is 0 Å². The van der Waals surface area contributed by atoms with Crippen LogP contribution < -0.4 is 26.0 Å². The molecule has 3 aliphatic rings. The molecule has 5 atom stereocenters. The Labute approximate surface area is 333 Å². The lowest BCUT2D eigenvalue weighted by Crippen LogP contribution is -2.58. The molecule has 2 aromatic carbocycles. The van der Waals surface area contributed by atoms with Gasteiger partial charge in [0.2, 0.25) is 35.3 Å². The van der Waals surface area contributed by atoms with Crippen molar-refractivity contribution in [3.63, 3.8) is 0 Å². The maximum absolute atomic E-state index is 14.5. The molecule has 1 saturated carbocycles. The van der Waals surface area contributed by atoms with Gasteiger partial charge in [-0.1, -0.05) is 75.1 Å². The molecular weight excluding hydrogens is 732 g/mol. The third-order valence-corrected chi connectivity index (χ3v) is 10.7. The van der Waals surface area contributed by atoms with Crippen LogP contribution in [-0.2, 0) is 44.7 Å². The number of rotatable bonds is 12. The number of carbonyl (C=O) groups excluding carboxylic acids is 7. The number of Topliss-reactive ketones (excluding diaryl/α,β-unsaturated/α-hetero) is 1. The van der Waals surface area contributed by atoms with Crippen LogP contribution >= 0.6 is 0 Å². The van der Waals surface area contributed by atoms with Crippen molar-refractivity contribution < 1.29 is 43.0 Å². The van der Waals surface area contributed by atoms with Crippen molar-refractivity contribution in [2.75, 3.05) is 40.4 Å². The van der Waals surface area contributed by atoms with Crippen LogP contribution in [0.15, 0.2) is 54.6 Å². The van der Waals surface area contributed by atoms with E-state index in [0.29, 0.717) is 37.4 Å². The minimum Gasteiger partial charge on any atom is -0.493 e. The first-order valence-electron chi connectivity index (χ1n) is 20.1. The van der Waals surface area contributed by atoms with Crippen molar-refractivity contribution in [1.82, 2.24) is 31.1 Å². The molecule has 2 aromatic rings. The number of carbonyl (C=O) groups is 7. The molecular formula is C42H56N6O9. The molecule has 0 unspecified atom stereocenters. The second-order valence-corrected chi connectivity index (χ2v) is 15.2. The van der Waals surface area contributed by atoms with Crippen molar-refractivity contribution in [3.8, 4) is 5.75 Å². The van der Waals surface area contributed by atoms with Gasteiger partial charge in [0, 0.05) is 33.5 Å². The van der Waals surface area contributed by atoms with E-state index in [2.05, 4.69) is 21.3 Å². The number of fused-ring (bicyclic) bond motifs is 4. The molecule has 1 aliphatic carbocycles. The summed E-state index contributed by atoms with van der Waals surface area (Å²) in [7, 11) is 3.12. The Balaban J connectivity index is 1.28. The number of hydrogen-bond acceptors (Lipinski definition) is 9. The van der Waals surface area contributed by atoms with E-state index in [1.54, 1.807) is 51.4 Å². The van der Waals surface area contributed by atoms with Gasteiger partial charge in [0.1, 0.15) is 23.9 Å². The van der Waals surface area contributed by atoms with Gasteiger partial charge in [-0.05, 0) is 48.4 Å². The molecule has 15 heteroatoms. The summed E-state index contributed by atoms with van der Waals surface area (Å²) in [6.07, 6.45) is 5.21. The van der Waals surface area contributed by atoms with Gasteiger partial charge in [0.15, 0.2) is 0 Å². The lowest BCUT2D eigenvalue weighted by Gasteiger charge is -2.35. The highest BCUT2D eigenvalue weighted by molar-refractivity contribution is 6.38. The van der Waals surface area contributed by atoms with Gasteiger partial charge in [-0.3, -0.25) is 33.6 Å². The van der Waals surface area contributed by atoms with E-state index in [9.17, 15) is 33.6 Å². The third kappa shape index (κ3) is 11.9. The summed E-state index contributed by atoms with van der Waals surface area (Å²) in [6, 6.07) is 11.8. The van der Waals surface area contributed by atoms with Gasteiger partial charge < -0.3 is 40.5 Å². The number of ketones is 1. The SMILES string of the molecule is CCC[C@@H](NC(=O)[C@@H]1C[C@@H]2CN1C(=O)[C@H](C1CCCCC1)NC(=O)Cc1cccc(c1)OCCCO2)C(=O)C(=O)NCC(=O)N[C@H](C(=O)N(C)C)c1ccccc1. The Morgan fingerprint density at radius 2 is 1.68 bits per heavy atom.